The van der Waals surface area contributed by atoms with Gasteiger partial charge in [0.05, 0.1) is 4.88 Å². The number of hydrogen-bond acceptors (Lipinski definition) is 4. The second-order valence-electron chi connectivity index (χ2n) is 4.11. The monoisotopic (exact) mass is 261 g/mol. The topological polar surface area (TPSA) is 50.9 Å². The molecule has 1 heterocycles. The summed E-state index contributed by atoms with van der Waals surface area (Å²) < 4.78 is 0. The van der Waals surface area contributed by atoms with Gasteiger partial charge in [-0.1, -0.05) is 42.5 Å². The largest absolute Gasteiger partial charge is 0.361 e. The van der Waals surface area contributed by atoms with E-state index in [9.17, 15) is 0 Å². The van der Waals surface area contributed by atoms with Gasteiger partial charge in [-0.2, -0.15) is 0 Å². The highest BCUT2D eigenvalue weighted by Crippen LogP contribution is 2.31. The van der Waals surface area contributed by atoms with E-state index >= 15 is 0 Å². The number of nitrogens with one attached hydrogen (secondary N) is 1. The van der Waals surface area contributed by atoms with E-state index in [2.05, 4.69) is 41.5 Å². The Hall–Kier alpha value is -1.39. The fraction of sp³-hybridized carbons (Fsp3) is 0.357. The van der Waals surface area contributed by atoms with Gasteiger partial charge in [0.1, 0.15) is 0 Å². The molecule has 2 aromatic rings. The molecule has 0 aliphatic heterocycles. The molecule has 0 saturated carbocycles. The van der Waals surface area contributed by atoms with Crippen LogP contribution in [0.2, 0.25) is 0 Å². The fourth-order valence-corrected chi connectivity index (χ4v) is 2.75. The number of anilines is 1. The lowest BCUT2D eigenvalue weighted by molar-refractivity contribution is 0.873. The van der Waals surface area contributed by atoms with Crippen LogP contribution >= 0.6 is 11.3 Å². The second kappa shape index (κ2) is 6.52. The third-order valence-electron chi connectivity index (χ3n) is 2.83. The van der Waals surface area contributed by atoms with Crippen molar-refractivity contribution in [1.29, 1.82) is 0 Å². The van der Waals surface area contributed by atoms with Crippen LogP contribution in [-0.4, -0.2) is 18.1 Å². The molecule has 0 bridgehead atoms. The summed E-state index contributed by atoms with van der Waals surface area (Å²) in [5.74, 6) is 0. The number of aromatic nitrogens is 1. The molecule has 0 radical (unpaired) electrons. The first-order valence-electron chi connectivity index (χ1n) is 6.33. The van der Waals surface area contributed by atoms with Gasteiger partial charge in [0.25, 0.3) is 0 Å². The molecule has 2 rings (SSSR count). The van der Waals surface area contributed by atoms with Crippen LogP contribution in [-0.2, 0) is 6.42 Å². The molecule has 1 aromatic heterocycles. The maximum absolute atomic E-state index is 5.47. The number of thiazole rings is 1. The lowest BCUT2D eigenvalue weighted by Crippen LogP contribution is -2.07. The number of nitrogens with two attached hydrogens (primary N) is 1. The van der Waals surface area contributed by atoms with Crippen molar-refractivity contribution >= 4 is 16.5 Å². The van der Waals surface area contributed by atoms with Crippen molar-refractivity contribution in [3.05, 3.63) is 36.0 Å². The highest BCUT2D eigenvalue weighted by atomic mass is 32.1. The van der Waals surface area contributed by atoms with E-state index in [1.807, 2.05) is 6.20 Å². The minimum Gasteiger partial charge on any atom is -0.361 e. The summed E-state index contributed by atoms with van der Waals surface area (Å²) in [4.78, 5) is 5.63. The highest BCUT2D eigenvalue weighted by molar-refractivity contribution is 7.18. The summed E-state index contributed by atoms with van der Waals surface area (Å²) >= 11 is 1.70. The van der Waals surface area contributed by atoms with Gasteiger partial charge in [0.15, 0.2) is 5.13 Å². The van der Waals surface area contributed by atoms with Gasteiger partial charge in [-0.25, -0.2) is 4.98 Å². The molecule has 96 valence electrons. The first-order valence-corrected chi connectivity index (χ1v) is 7.15. The van der Waals surface area contributed by atoms with Crippen molar-refractivity contribution in [3.8, 4) is 10.4 Å². The molecule has 0 amide bonds. The molecule has 18 heavy (non-hydrogen) atoms. The summed E-state index contributed by atoms with van der Waals surface area (Å²) in [5, 5.41) is 4.28. The summed E-state index contributed by atoms with van der Waals surface area (Å²) in [7, 11) is 0. The summed E-state index contributed by atoms with van der Waals surface area (Å²) in [5.41, 5.74) is 8.14. The van der Waals surface area contributed by atoms with Crippen LogP contribution in [0.1, 0.15) is 18.9 Å². The molecule has 0 aliphatic carbocycles. The predicted molar refractivity (Wildman–Crippen MR) is 79.1 cm³/mol. The molecular formula is C14H19N3S. The van der Waals surface area contributed by atoms with E-state index in [4.69, 9.17) is 5.73 Å². The van der Waals surface area contributed by atoms with Gasteiger partial charge in [-0.05, 0) is 30.5 Å². The summed E-state index contributed by atoms with van der Waals surface area (Å²) in [6, 6.07) is 8.51. The van der Waals surface area contributed by atoms with Gasteiger partial charge in [0.2, 0.25) is 0 Å². The third-order valence-corrected chi connectivity index (χ3v) is 3.81. The van der Waals surface area contributed by atoms with Crippen LogP contribution < -0.4 is 11.1 Å². The molecule has 0 atom stereocenters. The summed E-state index contributed by atoms with van der Waals surface area (Å²) in [6.07, 6.45) is 3.97. The Morgan fingerprint density at radius 3 is 2.94 bits per heavy atom. The Labute approximate surface area is 112 Å². The van der Waals surface area contributed by atoms with Crippen molar-refractivity contribution in [3.63, 3.8) is 0 Å². The lowest BCUT2D eigenvalue weighted by atomic mass is 10.0. The number of rotatable bonds is 6. The molecule has 0 aliphatic rings. The maximum Gasteiger partial charge on any atom is 0.183 e. The molecular weight excluding hydrogens is 242 g/mol. The van der Waals surface area contributed by atoms with Crippen LogP contribution in [0, 0.1) is 0 Å². The molecule has 0 spiro atoms. The molecule has 0 fully saturated rings. The van der Waals surface area contributed by atoms with Crippen LogP contribution in [0.5, 0.6) is 0 Å². The number of nitrogens with zero attached hydrogens (tertiary/aromatic N) is 1. The van der Waals surface area contributed by atoms with Crippen molar-refractivity contribution in [2.45, 2.75) is 19.8 Å². The van der Waals surface area contributed by atoms with Crippen LogP contribution in [0.25, 0.3) is 10.4 Å². The van der Waals surface area contributed by atoms with E-state index in [1.165, 1.54) is 16.0 Å². The summed E-state index contributed by atoms with van der Waals surface area (Å²) in [6.45, 7) is 3.78. The Morgan fingerprint density at radius 2 is 2.17 bits per heavy atom. The third kappa shape index (κ3) is 3.09. The van der Waals surface area contributed by atoms with E-state index in [1.54, 1.807) is 11.3 Å². The van der Waals surface area contributed by atoms with Crippen molar-refractivity contribution in [2.75, 3.05) is 18.4 Å². The number of hydrogen-bond donors (Lipinski definition) is 2. The SMILES string of the molecule is CCc1ccccc1-c1cnc(NCCCN)s1. The minimum absolute atomic E-state index is 0.712. The Bertz CT molecular complexity index is 493. The molecule has 0 unspecified atom stereocenters. The molecule has 3 nitrogen and oxygen atoms in total. The van der Waals surface area contributed by atoms with Gasteiger partial charge >= 0.3 is 0 Å². The van der Waals surface area contributed by atoms with Crippen molar-refractivity contribution in [1.82, 2.24) is 4.98 Å². The zero-order valence-corrected chi connectivity index (χ0v) is 11.5. The molecule has 1 aromatic carbocycles. The fourth-order valence-electron chi connectivity index (χ4n) is 1.85. The van der Waals surface area contributed by atoms with Crippen LogP contribution in [0.4, 0.5) is 5.13 Å². The molecule has 0 saturated heterocycles. The molecule has 4 heteroatoms. The van der Waals surface area contributed by atoms with Gasteiger partial charge < -0.3 is 11.1 Å². The first-order chi connectivity index (χ1) is 8.85. The normalized spacial score (nSPS) is 10.6. The Kier molecular flexibility index (Phi) is 4.73. The van der Waals surface area contributed by atoms with Crippen LogP contribution in [0.15, 0.2) is 30.5 Å². The molecule has 3 N–H and O–H groups in total. The zero-order chi connectivity index (χ0) is 12.8. The zero-order valence-electron chi connectivity index (χ0n) is 10.6. The Balaban J connectivity index is 2.13. The van der Waals surface area contributed by atoms with Crippen molar-refractivity contribution in [2.24, 2.45) is 5.73 Å². The maximum atomic E-state index is 5.47. The number of aryl methyl sites for hydroxylation is 1. The van der Waals surface area contributed by atoms with Gasteiger partial charge in [-0.15, -0.1) is 0 Å². The highest BCUT2D eigenvalue weighted by Gasteiger charge is 2.07. The predicted octanol–water partition coefficient (Wildman–Crippen LogP) is 3.13. The first kappa shape index (κ1) is 13.1. The lowest BCUT2D eigenvalue weighted by Gasteiger charge is -2.04. The standard InChI is InChI=1S/C14H19N3S/c1-2-11-6-3-4-7-12(11)13-10-17-14(18-13)16-9-5-8-15/h3-4,6-7,10H,2,5,8-9,15H2,1H3,(H,16,17). The van der Waals surface area contributed by atoms with Crippen molar-refractivity contribution < 1.29 is 0 Å². The average molecular weight is 261 g/mol. The van der Waals surface area contributed by atoms with E-state index in [0.717, 1.165) is 24.5 Å². The number of benzene rings is 1. The van der Waals surface area contributed by atoms with Gasteiger partial charge in [-0.3, -0.25) is 0 Å². The minimum atomic E-state index is 0.712. The Morgan fingerprint density at radius 1 is 1.33 bits per heavy atom. The second-order valence-corrected chi connectivity index (χ2v) is 5.14. The van der Waals surface area contributed by atoms with E-state index in [0.29, 0.717) is 6.54 Å². The van der Waals surface area contributed by atoms with E-state index in [-0.39, 0.29) is 0 Å². The van der Waals surface area contributed by atoms with E-state index < -0.39 is 0 Å². The van der Waals surface area contributed by atoms with Crippen LogP contribution in [0.3, 0.4) is 0 Å². The van der Waals surface area contributed by atoms with Gasteiger partial charge in [0, 0.05) is 12.7 Å². The average Bonchev–Trinajstić information content (AvgIpc) is 2.88. The smallest absolute Gasteiger partial charge is 0.183 e. The quantitative estimate of drug-likeness (QED) is 0.785.